The van der Waals surface area contributed by atoms with Gasteiger partial charge in [-0.15, -0.1) is 0 Å². The maximum Gasteiger partial charge on any atom is 0.257 e. The van der Waals surface area contributed by atoms with Gasteiger partial charge in [0.1, 0.15) is 5.75 Å². The Kier molecular flexibility index (Phi) is 2.73. The van der Waals surface area contributed by atoms with E-state index in [0.29, 0.717) is 16.5 Å². The Morgan fingerprint density at radius 1 is 0.727 bits per heavy atom. The van der Waals surface area contributed by atoms with Gasteiger partial charge in [-0.25, -0.2) is 0 Å². The van der Waals surface area contributed by atoms with Gasteiger partial charge < -0.3 is 10.2 Å². The second kappa shape index (κ2) is 4.74. The average Bonchev–Trinajstić information content (AvgIpc) is 2.58. The fourth-order valence-electron chi connectivity index (χ4n) is 2.81. The lowest BCUT2D eigenvalue weighted by molar-refractivity contribution is -0.594. The molecule has 3 heteroatoms. The second-order valence-electron chi connectivity index (χ2n) is 5.29. The molecule has 22 heavy (non-hydrogen) atoms. The van der Waals surface area contributed by atoms with Crippen LogP contribution in [0, 0.1) is 0 Å². The molecule has 3 nitrogen and oxygen atoms in total. The number of phenolic OH excluding ortho intramolecular Hbond substituents is 2. The van der Waals surface area contributed by atoms with Crippen LogP contribution < -0.4 is 4.57 Å². The van der Waals surface area contributed by atoms with E-state index in [1.165, 1.54) is 0 Å². The maximum absolute atomic E-state index is 10.6. The summed E-state index contributed by atoms with van der Waals surface area (Å²) in [6, 6.07) is 18.9. The summed E-state index contributed by atoms with van der Waals surface area (Å²) in [6.45, 7) is 0. The van der Waals surface area contributed by atoms with E-state index in [4.69, 9.17) is 0 Å². The van der Waals surface area contributed by atoms with E-state index in [0.717, 1.165) is 10.8 Å². The summed E-state index contributed by atoms with van der Waals surface area (Å²) in [6.07, 6.45) is 3.82. The molecule has 106 valence electrons. The fourth-order valence-corrected chi connectivity index (χ4v) is 2.81. The predicted molar refractivity (Wildman–Crippen MR) is 86.3 cm³/mol. The average molecular weight is 288 g/mol. The Balaban J connectivity index is 2.01. The minimum Gasteiger partial charge on any atom is -0.507 e. The monoisotopic (exact) mass is 288 g/mol. The van der Waals surface area contributed by atoms with Crippen LogP contribution in [0.3, 0.4) is 0 Å². The van der Waals surface area contributed by atoms with Crippen LogP contribution in [0.2, 0.25) is 0 Å². The summed E-state index contributed by atoms with van der Waals surface area (Å²) in [4.78, 5) is 0. The zero-order valence-corrected chi connectivity index (χ0v) is 11.8. The number of hydrogen-bond acceptors (Lipinski definition) is 2. The molecule has 0 aliphatic heterocycles. The molecule has 4 rings (SSSR count). The van der Waals surface area contributed by atoms with Crippen molar-refractivity contribution in [3.8, 4) is 17.2 Å². The number of phenols is 2. The highest BCUT2D eigenvalue weighted by Gasteiger charge is 2.18. The van der Waals surface area contributed by atoms with Crippen LogP contribution in [0.5, 0.6) is 11.5 Å². The van der Waals surface area contributed by atoms with E-state index >= 15 is 0 Å². The number of aromatic hydroxyl groups is 2. The standard InChI is InChI=1S/C19H13NO2/c21-18-11-17(19(22)16-8-4-3-7-15(16)18)20-10-9-13-5-1-2-6-14(13)12-20/h1-12H,(H-,21,22)/p+1. The summed E-state index contributed by atoms with van der Waals surface area (Å²) in [7, 11) is 0. The first kappa shape index (κ1) is 12.7. The first-order valence-electron chi connectivity index (χ1n) is 7.08. The molecule has 3 aromatic carbocycles. The van der Waals surface area contributed by atoms with E-state index < -0.39 is 0 Å². The molecular formula is C19H14NO2+. The third-order valence-corrected chi connectivity index (χ3v) is 3.94. The van der Waals surface area contributed by atoms with Gasteiger partial charge in [0.15, 0.2) is 18.1 Å². The molecule has 0 bridgehead atoms. The number of hydrogen-bond donors (Lipinski definition) is 2. The summed E-state index contributed by atoms with van der Waals surface area (Å²) >= 11 is 0. The van der Waals surface area contributed by atoms with Gasteiger partial charge in [0.2, 0.25) is 0 Å². The zero-order valence-electron chi connectivity index (χ0n) is 11.8. The molecule has 0 unspecified atom stereocenters. The van der Waals surface area contributed by atoms with Crippen molar-refractivity contribution in [2.24, 2.45) is 0 Å². The van der Waals surface area contributed by atoms with Crippen molar-refractivity contribution in [3.05, 3.63) is 73.1 Å². The van der Waals surface area contributed by atoms with Crippen molar-refractivity contribution in [3.63, 3.8) is 0 Å². The molecule has 1 aromatic heterocycles. The third-order valence-electron chi connectivity index (χ3n) is 3.94. The number of rotatable bonds is 1. The van der Waals surface area contributed by atoms with Gasteiger partial charge in [-0.1, -0.05) is 42.5 Å². The van der Waals surface area contributed by atoms with Crippen LogP contribution in [-0.4, -0.2) is 10.2 Å². The van der Waals surface area contributed by atoms with Gasteiger partial charge in [0.25, 0.3) is 5.69 Å². The highest BCUT2D eigenvalue weighted by molar-refractivity contribution is 5.95. The minimum absolute atomic E-state index is 0.157. The van der Waals surface area contributed by atoms with E-state index in [1.807, 2.05) is 59.4 Å². The zero-order chi connectivity index (χ0) is 15.1. The van der Waals surface area contributed by atoms with Crippen LogP contribution in [0.4, 0.5) is 0 Å². The molecule has 2 N–H and O–H groups in total. The molecule has 0 amide bonds. The third kappa shape index (κ3) is 1.87. The Bertz CT molecular complexity index is 1010. The highest BCUT2D eigenvalue weighted by atomic mass is 16.3. The lowest BCUT2D eigenvalue weighted by atomic mass is 10.1. The molecule has 4 aromatic rings. The lowest BCUT2D eigenvalue weighted by Gasteiger charge is -2.06. The van der Waals surface area contributed by atoms with Crippen molar-refractivity contribution in [1.82, 2.24) is 0 Å². The van der Waals surface area contributed by atoms with Crippen molar-refractivity contribution < 1.29 is 14.8 Å². The smallest absolute Gasteiger partial charge is 0.257 e. The molecule has 0 atom stereocenters. The predicted octanol–water partition coefficient (Wildman–Crippen LogP) is 3.68. The van der Waals surface area contributed by atoms with E-state index in [2.05, 4.69) is 0 Å². The van der Waals surface area contributed by atoms with Crippen LogP contribution in [0.1, 0.15) is 0 Å². The van der Waals surface area contributed by atoms with Crippen molar-refractivity contribution >= 4 is 21.5 Å². The molecule has 0 aliphatic rings. The number of nitrogens with zero attached hydrogens (tertiary/aromatic N) is 1. The molecule has 0 fully saturated rings. The molecule has 1 heterocycles. The van der Waals surface area contributed by atoms with Gasteiger partial charge in [-0.05, 0) is 11.5 Å². The van der Waals surface area contributed by atoms with Crippen molar-refractivity contribution in [2.75, 3.05) is 0 Å². The molecule has 0 saturated carbocycles. The first-order valence-corrected chi connectivity index (χ1v) is 7.08. The van der Waals surface area contributed by atoms with E-state index in [1.54, 1.807) is 18.2 Å². The van der Waals surface area contributed by atoms with Crippen molar-refractivity contribution in [2.45, 2.75) is 0 Å². The fraction of sp³-hybridized carbons (Fsp3) is 0. The van der Waals surface area contributed by atoms with Gasteiger partial charge in [0, 0.05) is 22.2 Å². The van der Waals surface area contributed by atoms with Crippen LogP contribution in [0.15, 0.2) is 73.1 Å². The number of fused-ring (bicyclic) bond motifs is 2. The Morgan fingerprint density at radius 2 is 1.41 bits per heavy atom. The molecule has 0 aliphatic carbocycles. The van der Waals surface area contributed by atoms with Crippen LogP contribution in [0.25, 0.3) is 27.2 Å². The molecule has 0 radical (unpaired) electrons. The van der Waals surface area contributed by atoms with Gasteiger partial charge in [-0.2, -0.15) is 4.57 Å². The number of aromatic nitrogens is 1. The van der Waals surface area contributed by atoms with E-state index in [9.17, 15) is 10.2 Å². The van der Waals surface area contributed by atoms with Gasteiger partial charge in [-0.3, -0.25) is 0 Å². The lowest BCUT2D eigenvalue weighted by Crippen LogP contribution is -2.29. The normalized spacial score (nSPS) is 11.1. The van der Waals surface area contributed by atoms with Gasteiger partial charge >= 0.3 is 0 Å². The highest BCUT2D eigenvalue weighted by Crippen LogP contribution is 2.35. The number of pyridine rings is 1. The Hall–Kier alpha value is -3.07. The summed E-state index contributed by atoms with van der Waals surface area (Å²) in [5, 5.41) is 24.3. The first-order chi connectivity index (χ1) is 10.7. The topological polar surface area (TPSA) is 44.3 Å². The largest absolute Gasteiger partial charge is 0.507 e. The number of benzene rings is 3. The summed E-state index contributed by atoms with van der Waals surface area (Å²) < 4.78 is 1.82. The molecular weight excluding hydrogens is 274 g/mol. The molecule has 0 spiro atoms. The summed E-state index contributed by atoms with van der Waals surface area (Å²) in [5.41, 5.74) is 0.557. The van der Waals surface area contributed by atoms with Crippen molar-refractivity contribution in [1.29, 1.82) is 0 Å². The second-order valence-corrected chi connectivity index (χ2v) is 5.29. The van der Waals surface area contributed by atoms with Crippen LogP contribution >= 0.6 is 0 Å². The summed E-state index contributed by atoms with van der Waals surface area (Å²) in [5.74, 6) is 0.317. The molecule has 0 saturated heterocycles. The Morgan fingerprint density at radius 3 is 2.23 bits per heavy atom. The maximum atomic E-state index is 10.6. The minimum atomic E-state index is 0.157. The van der Waals surface area contributed by atoms with Crippen LogP contribution in [-0.2, 0) is 0 Å². The SMILES string of the molecule is Oc1cc(-[n+]2ccc3ccccc3c2)c(O)c2ccccc12. The quantitative estimate of drug-likeness (QED) is 0.414. The Labute approximate surface area is 127 Å². The van der Waals surface area contributed by atoms with E-state index in [-0.39, 0.29) is 11.5 Å². The van der Waals surface area contributed by atoms with Gasteiger partial charge in [0.05, 0.1) is 6.07 Å².